The Balaban J connectivity index is 2.22. The van der Waals surface area contributed by atoms with Gasteiger partial charge in [0, 0.05) is 11.9 Å². The molecule has 2 heterocycles. The van der Waals surface area contributed by atoms with E-state index in [-0.39, 0.29) is 0 Å². The number of hydrogen-bond donors (Lipinski definition) is 2. The Hall–Kier alpha value is -1.18. The minimum atomic E-state index is 0.577. The van der Waals surface area contributed by atoms with Crippen molar-refractivity contribution >= 4 is 38.9 Å². The first kappa shape index (κ1) is 12.3. The van der Waals surface area contributed by atoms with Gasteiger partial charge >= 0.3 is 0 Å². The van der Waals surface area contributed by atoms with Crippen molar-refractivity contribution in [2.24, 2.45) is 5.84 Å². The van der Waals surface area contributed by atoms with E-state index in [1.165, 1.54) is 11.2 Å². The summed E-state index contributed by atoms with van der Waals surface area (Å²) in [5.74, 6) is 6.75. The molecule has 2 aromatic rings. The highest BCUT2D eigenvalue weighted by atomic mass is 79.9. The van der Waals surface area contributed by atoms with Crippen LogP contribution in [0.25, 0.3) is 0 Å². The summed E-state index contributed by atoms with van der Waals surface area (Å²) in [7, 11) is 1.98. The molecule has 0 bridgehead atoms. The molecule has 0 atom stereocenters. The molecule has 17 heavy (non-hydrogen) atoms. The third kappa shape index (κ3) is 2.74. The van der Waals surface area contributed by atoms with E-state index >= 15 is 0 Å². The second-order valence-electron chi connectivity index (χ2n) is 3.44. The Morgan fingerprint density at radius 2 is 2.35 bits per heavy atom. The number of hydrazine groups is 1. The topological polar surface area (TPSA) is 67.1 Å². The average molecular weight is 314 g/mol. The molecule has 0 radical (unpaired) electrons. The molecule has 0 aliphatic carbocycles. The lowest BCUT2D eigenvalue weighted by atomic mass is 10.4. The van der Waals surface area contributed by atoms with E-state index in [2.05, 4.69) is 42.8 Å². The van der Waals surface area contributed by atoms with Crippen LogP contribution >= 0.6 is 27.3 Å². The van der Waals surface area contributed by atoms with Crippen molar-refractivity contribution < 1.29 is 0 Å². The zero-order chi connectivity index (χ0) is 12.3. The first-order valence-corrected chi connectivity index (χ1v) is 6.60. The minimum absolute atomic E-state index is 0.577. The number of nitrogens with one attached hydrogen (secondary N) is 1. The Bertz CT molecular complexity index is 487. The molecule has 0 fully saturated rings. The van der Waals surface area contributed by atoms with Gasteiger partial charge in [0.05, 0.1) is 6.54 Å². The van der Waals surface area contributed by atoms with Crippen molar-refractivity contribution in [2.45, 2.75) is 6.54 Å². The Labute approximate surface area is 112 Å². The molecule has 0 saturated heterocycles. The van der Waals surface area contributed by atoms with Crippen LogP contribution in [-0.4, -0.2) is 17.0 Å². The van der Waals surface area contributed by atoms with E-state index in [0.29, 0.717) is 5.82 Å². The summed E-state index contributed by atoms with van der Waals surface area (Å²) in [4.78, 5) is 11.6. The lowest BCUT2D eigenvalue weighted by Crippen LogP contribution is -2.19. The van der Waals surface area contributed by atoms with E-state index in [4.69, 9.17) is 5.84 Å². The van der Waals surface area contributed by atoms with Gasteiger partial charge in [-0.2, -0.15) is 0 Å². The molecule has 5 nitrogen and oxygen atoms in total. The summed E-state index contributed by atoms with van der Waals surface area (Å²) >= 11 is 5.16. The van der Waals surface area contributed by atoms with Crippen LogP contribution in [0.2, 0.25) is 0 Å². The number of rotatable bonds is 4. The molecular weight excluding hydrogens is 302 g/mol. The summed E-state index contributed by atoms with van der Waals surface area (Å²) in [6, 6.07) is 4.13. The second kappa shape index (κ2) is 5.44. The number of anilines is 2. The van der Waals surface area contributed by atoms with Crippen LogP contribution < -0.4 is 16.2 Å². The summed E-state index contributed by atoms with van der Waals surface area (Å²) < 4.78 is 0.765. The van der Waals surface area contributed by atoms with Crippen molar-refractivity contribution in [2.75, 3.05) is 17.4 Å². The Kier molecular flexibility index (Phi) is 3.93. The number of halogens is 1. The van der Waals surface area contributed by atoms with Crippen molar-refractivity contribution in [3.05, 3.63) is 33.2 Å². The van der Waals surface area contributed by atoms with Crippen LogP contribution in [0, 0.1) is 0 Å². The van der Waals surface area contributed by atoms with E-state index in [1.807, 2.05) is 18.0 Å². The Morgan fingerprint density at radius 1 is 1.53 bits per heavy atom. The van der Waals surface area contributed by atoms with Crippen molar-refractivity contribution in [3.8, 4) is 0 Å². The number of nitrogen functional groups attached to an aromatic ring is 1. The lowest BCUT2D eigenvalue weighted by Gasteiger charge is -2.19. The number of hydrogen-bond acceptors (Lipinski definition) is 6. The standard InChI is InChI=1S/C10H12BrN5S/c1-16(5-7-3-2-4-17-7)10-8(11)9(15-12)13-6-14-10/h2-4,6H,5,12H2,1H3,(H,13,14,15). The van der Waals surface area contributed by atoms with Gasteiger partial charge in [0.2, 0.25) is 0 Å². The van der Waals surface area contributed by atoms with Crippen molar-refractivity contribution in [3.63, 3.8) is 0 Å². The third-order valence-corrected chi connectivity index (χ3v) is 3.83. The van der Waals surface area contributed by atoms with Gasteiger partial charge in [-0.05, 0) is 27.4 Å². The highest BCUT2D eigenvalue weighted by Gasteiger charge is 2.12. The quantitative estimate of drug-likeness (QED) is 0.669. The molecule has 0 amide bonds. The molecule has 0 unspecified atom stereocenters. The Morgan fingerprint density at radius 3 is 3.00 bits per heavy atom. The lowest BCUT2D eigenvalue weighted by molar-refractivity contribution is 0.899. The van der Waals surface area contributed by atoms with E-state index in [0.717, 1.165) is 16.8 Å². The summed E-state index contributed by atoms with van der Waals surface area (Å²) in [6.45, 7) is 0.803. The number of nitrogens with zero attached hydrogens (tertiary/aromatic N) is 3. The van der Waals surface area contributed by atoms with Gasteiger partial charge in [0.1, 0.15) is 16.6 Å². The number of thiophene rings is 1. The largest absolute Gasteiger partial charge is 0.353 e. The summed E-state index contributed by atoms with van der Waals surface area (Å²) in [5, 5.41) is 2.06. The molecular formula is C10H12BrN5S. The normalized spacial score (nSPS) is 10.3. The van der Waals surface area contributed by atoms with Gasteiger partial charge in [0.25, 0.3) is 0 Å². The molecule has 90 valence electrons. The van der Waals surface area contributed by atoms with Crippen LogP contribution in [0.4, 0.5) is 11.6 Å². The SMILES string of the molecule is CN(Cc1cccs1)c1ncnc(NN)c1Br. The summed E-state index contributed by atoms with van der Waals surface area (Å²) in [6.07, 6.45) is 1.49. The highest BCUT2D eigenvalue weighted by Crippen LogP contribution is 2.29. The molecule has 7 heteroatoms. The van der Waals surface area contributed by atoms with Crippen LogP contribution in [0.5, 0.6) is 0 Å². The predicted molar refractivity (Wildman–Crippen MR) is 74.0 cm³/mol. The van der Waals surface area contributed by atoms with E-state index in [9.17, 15) is 0 Å². The zero-order valence-electron chi connectivity index (χ0n) is 9.22. The average Bonchev–Trinajstić information content (AvgIpc) is 2.82. The summed E-state index contributed by atoms with van der Waals surface area (Å²) in [5.41, 5.74) is 2.53. The van der Waals surface area contributed by atoms with Crippen LogP contribution in [0.15, 0.2) is 28.3 Å². The number of nitrogens with two attached hydrogens (primary N) is 1. The van der Waals surface area contributed by atoms with Crippen LogP contribution in [0.1, 0.15) is 4.88 Å². The van der Waals surface area contributed by atoms with Crippen molar-refractivity contribution in [1.29, 1.82) is 0 Å². The third-order valence-electron chi connectivity index (χ3n) is 2.24. The molecule has 0 aromatic carbocycles. The smallest absolute Gasteiger partial charge is 0.159 e. The fraction of sp³-hybridized carbons (Fsp3) is 0.200. The molecule has 0 aliphatic heterocycles. The van der Waals surface area contributed by atoms with Gasteiger partial charge in [-0.15, -0.1) is 11.3 Å². The van der Waals surface area contributed by atoms with E-state index in [1.54, 1.807) is 11.3 Å². The zero-order valence-corrected chi connectivity index (χ0v) is 11.6. The maximum absolute atomic E-state index is 5.37. The van der Waals surface area contributed by atoms with Gasteiger partial charge in [-0.1, -0.05) is 6.07 Å². The predicted octanol–water partition coefficient (Wildman–Crippen LogP) is 2.22. The van der Waals surface area contributed by atoms with Gasteiger partial charge < -0.3 is 10.3 Å². The van der Waals surface area contributed by atoms with Crippen molar-refractivity contribution in [1.82, 2.24) is 9.97 Å². The van der Waals surface area contributed by atoms with Crippen LogP contribution in [0.3, 0.4) is 0 Å². The molecule has 2 rings (SSSR count). The number of aromatic nitrogens is 2. The molecule has 0 saturated carbocycles. The first-order valence-electron chi connectivity index (χ1n) is 4.93. The fourth-order valence-electron chi connectivity index (χ4n) is 1.44. The molecule has 0 aliphatic rings. The maximum atomic E-state index is 5.37. The molecule has 0 spiro atoms. The second-order valence-corrected chi connectivity index (χ2v) is 5.26. The van der Waals surface area contributed by atoms with Crippen LogP contribution in [-0.2, 0) is 6.54 Å². The van der Waals surface area contributed by atoms with Gasteiger partial charge in [-0.25, -0.2) is 15.8 Å². The first-order chi connectivity index (χ1) is 8.22. The van der Waals surface area contributed by atoms with Gasteiger partial charge in [0.15, 0.2) is 5.82 Å². The minimum Gasteiger partial charge on any atom is -0.353 e. The maximum Gasteiger partial charge on any atom is 0.159 e. The van der Waals surface area contributed by atoms with Gasteiger partial charge in [-0.3, -0.25) is 0 Å². The highest BCUT2D eigenvalue weighted by molar-refractivity contribution is 9.10. The molecule has 3 N–H and O–H groups in total. The molecule has 2 aromatic heterocycles. The van der Waals surface area contributed by atoms with E-state index < -0.39 is 0 Å². The fourth-order valence-corrected chi connectivity index (χ4v) is 2.82. The monoisotopic (exact) mass is 313 g/mol.